The summed E-state index contributed by atoms with van der Waals surface area (Å²) in [5.41, 5.74) is 7.99. The summed E-state index contributed by atoms with van der Waals surface area (Å²) in [6.07, 6.45) is 6.84. The van der Waals surface area contributed by atoms with E-state index in [4.69, 9.17) is 5.73 Å². The lowest BCUT2D eigenvalue weighted by molar-refractivity contribution is 0.0950. The van der Waals surface area contributed by atoms with Crippen LogP contribution in [-0.4, -0.2) is 47.0 Å². The van der Waals surface area contributed by atoms with Gasteiger partial charge in [-0.3, -0.25) is 4.79 Å². The molecule has 1 atom stereocenters. The predicted octanol–water partition coefficient (Wildman–Crippen LogP) is 1.94. The van der Waals surface area contributed by atoms with Crippen LogP contribution in [0.4, 0.5) is 5.95 Å². The van der Waals surface area contributed by atoms with E-state index in [1.807, 2.05) is 24.3 Å². The number of likely N-dealkylation sites (tertiary alicyclic amines) is 1. The Labute approximate surface area is 142 Å². The van der Waals surface area contributed by atoms with Crippen LogP contribution in [0.1, 0.15) is 29.6 Å². The van der Waals surface area contributed by atoms with Gasteiger partial charge in [0.2, 0.25) is 5.95 Å². The number of rotatable bonds is 5. The van der Waals surface area contributed by atoms with Gasteiger partial charge in [0.05, 0.1) is 0 Å². The molecule has 0 saturated carbocycles. The van der Waals surface area contributed by atoms with E-state index >= 15 is 0 Å². The SMILES string of the molecule is CN1CCC[C@@H]1CCNC(=O)c1ccc(-c2cnc(N)nc2)cc1. The van der Waals surface area contributed by atoms with E-state index in [0.717, 1.165) is 24.1 Å². The second-order valence-electron chi connectivity index (χ2n) is 6.23. The Balaban J connectivity index is 1.54. The molecule has 0 aliphatic carbocycles. The van der Waals surface area contributed by atoms with E-state index in [1.165, 1.54) is 12.8 Å². The zero-order chi connectivity index (χ0) is 16.9. The molecule has 126 valence electrons. The van der Waals surface area contributed by atoms with Crippen molar-refractivity contribution in [1.82, 2.24) is 20.2 Å². The monoisotopic (exact) mass is 325 g/mol. The Bertz CT molecular complexity index is 684. The van der Waals surface area contributed by atoms with E-state index in [9.17, 15) is 4.79 Å². The smallest absolute Gasteiger partial charge is 0.251 e. The van der Waals surface area contributed by atoms with Crippen LogP contribution in [-0.2, 0) is 0 Å². The fourth-order valence-electron chi connectivity index (χ4n) is 3.10. The number of amides is 1. The standard InChI is InChI=1S/C18H23N5O/c1-23-10-2-3-16(23)8-9-20-17(24)14-6-4-13(5-7-14)15-11-21-18(19)22-12-15/h4-7,11-12,16H,2-3,8-10H2,1H3,(H,20,24)(H2,19,21,22)/t16-/m1/s1. The topological polar surface area (TPSA) is 84.1 Å². The third kappa shape index (κ3) is 3.89. The minimum absolute atomic E-state index is 0.0317. The molecule has 1 aromatic heterocycles. The molecule has 3 N–H and O–H groups in total. The number of hydrogen-bond acceptors (Lipinski definition) is 5. The third-order valence-corrected chi connectivity index (χ3v) is 4.59. The van der Waals surface area contributed by atoms with Crippen molar-refractivity contribution >= 4 is 11.9 Å². The Morgan fingerprint density at radius 3 is 2.58 bits per heavy atom. The third-order valence-electron chi connectivity index (χ3n) is 4.59. The summed E-state index contributed by atoms with van der Waals surface area (Å²) in [6.45, 7) is 1.87. The fourth-order valence-corrected chi connectivity index (χ4v) is 3.10. The molecule has 2 heterocycles. The number of carbonyl (C=O) groups excluding carboxylic acids is 1. The molecular formula is C18H23N5O. The number of anilines is 1. The highest BCUT2D eigenvalue weighted by Crippen LogP contribution is 2.19. The highest BCUT2D eigenvalue weighted by molar-refractivity contribution is 5.94. The molecule has 1 fully saturated rings. The van der Waals surface area contributed by atoms with Gasteiger partial charge in [0, 0.05) is 36.1 Å². The Kier molecular flexibility index (Phi) is 5.05. The summed E-state index contributed by atoms with van der Waals surface area (Å²) < 4.78 is 0. The molecule has 1 aliphatic heterocycles. The zero-order valence-corrected chi connectivity index (χ0v) is 13.9. The number of nitrogen functional groups attached to an aromatic ring is 1. The minimum atomic E-state index is -0.0317. The maximum Gasteiger partial charge on any atom is 0.251 e. The molecule has 24 heavy (non-hydrogen) atoms. The van der Waals surface area contributed by atoms with Crippen molar-refractivity contribution in [2.75, 3.05) is 25.9 Å². The second-order valence-corrected chi connectivity index (χ2v) is 6.23. The maximum atomic E-state index is 12.2. The molecule has 1 amide bonds. The lowest BCUT2D eigenvalue weighted by atomic mass is 10.1. The summed E-state index contributed by atoms with van der Waals surface area (Å²) in [5.74, 6) is 0.221. The summed E-state index contributed by atoms with van der Waals surface area (Å²) >= 11 is 0. The molecule has 6 heteroatoms. The van der Waals surface area contributed by atoms with E-state index < -0.39 is 0 Å². The Morgan fingerprint density at radius 2 is 1.96 bits per heavy atom. The van der Waals surface area contributed by atoms with Crippen LogP contribution in [0.3, 0.4) is 0 Å². The molecule has 3 rings (SSSR count). The average Bonchev–Trinajstić information content (AvgIpc) is 3.01. The normalized spacial score (nSPS) is 17.8. The van der Waals surface area contributed by atoms with Crippen molar-refractivity contribution in [3.8, 4) is 11.1 Å². The lowest BCUT2D eigenvalue weighted by Crippen LogP contribution is -2.31. The first-order valence-corrected chi connectivity index (χ1v) is 8.30. The molecule has 0 radical (unpaired) electrons. The molecule has 2 aromatic rings. The molecule has 1 aliphatic rings. The van der Waals surface area contributed by atoms with Gasteiger partial charge in [-0.25, -0.2) is 9.97 Å². The van der Waals surface area contributed by atoms with Gasteiger partial charge in [0.15, 0.2) is 0 Å². The lowest BCUT2D eigenvalue weighted by Gasteiger charge is -2.19. The Morgan fingerprint density at radius 1 is 1.25 bits per heavy atom. The molecule has 0 unspecified atom stereocenters. The number of nitrogens with one attached hydrogen (secondary N) is 1. The summed E-state index contributed by atoms with van der Waals surface area (Å²) in [4.78, 5) is 22.6. The van der Waals surface area contributed by atoms with Crippen molar-refractivity contribution in [1.29, 1.82) is 0 Å². The zero-order valence-electron chi connectivity index (χ0n) is 13.9. The highest BCUT2D eigenvalue weighted by Gasteiger charge is 2.20. The van der Waals surface area contributed by atoms with Crippen LogP contribution in [0.5, 0.6) is 0 Å². The quantitative estimate of drug-likeness (QED) is 0.877. The van der Waals surface area contributed by atoms with Crippen molar-refractivity contribution < 1.29 is 4.79 Å². The van der Waals surface area contributed by atoms with E-state index in [1.54, 1.807) is 12.4 Å². The van der Waals surface area contributed by atoms with Gasteiger partial charge in [-0.1, -0.05) is 12.1 Å². The molecule has 1 saturated heterocycles. The van der Waals surface area contributed by atoms with Crippen LogP contribution in [0, 0.1) is 0 Å². The predicted molar refractivity (Wildman–Crippen MR) is 94.5 cm³/mol. The van der Waals surface area contributed by atoms with Crippen molar-refractivity contribution in [2.45, 2.75) is 25.3 Å². The first kappa shape index (κ1) is 16.4. The van der Waals surface area contributed by atoms with Gasteiger partial charge in [0.25, 0.3) is 5.91 Å². The number of nitrogens with two attached hydrogens (primary N) is 1. The van der Waals surface area contributed by atoms with Gasteiger partial charge in [-0.2, -0.15) is 0 Å². The molecule has 6 nitrogen and oxygen atoms in total. The highest BCUT2D eigenvalue weighted by atomic mass is 16.1. The minimum Gasteiger partial charge on any atom is -0.368 e. The van der Waals surface area contributed by atoms with E-state index in [-0.39, 0.29) is 11.9 Å². The van der Waals surface area contributed by atoms with Gasteiger partial charge < -0.3 is 16.0 Å². The van der Waals surface area contributed by atoms with Crippen molar-refractivity contribution in [2.24, 2.45) is 0 Å². The van der Waals surface area contributed by atoms with Gasteiger partial charge in [-0.15, -0.1) is 0 Å². The van der Waals surface area contributed by atoms with E-state index in [2.05, 4.69) is 27.2 Å². The van der Waals surface area contributed by atoms with Gasteiger partial charge in [-0.05, 0) is 50.6 Å². The van der Waals surface area contributed by atoms with Crippen molar-refractivity contribution in [3.63, 3.8) is 0 Å². The van der Waals surface area contributed by atoms with Crippen LogP contribution >= 0.6 is 0 Å². The van der Waals surface area contributed by atoms with Gasteiger partial charge in [0.1, 0.15) is 0 Å². The molecule has 1 aromatic carbocycles. The van der Waals surface area contributed by atoms with Crippen LogP contribution in [0.25, 0.3) is 11.1 Å². The van der Waals surface area contributed by atoms with Crippen LogP contribution in [0.15, 0.2) is 36.7 Å². The number of carbonyl (C=O) groups is 1. The van der Waals surface area contributed by atoms with Crippen LogP contribution < -0.4 is 11.1 Å². The molecular weight excluding hydrogens is 302 g/mol. The van der Waals surface area contributed by atoms with Crippen LogP contribution in [0.2, 0.25) is 0 Å². The maximum absolute atomic E-state index is 12.2. The number of nitrogens with zero attached hydrogens (tertiary/aromatic N) is 3. The average molecular weight is 325 g/mol. The van der Waals surface area contributed by atoms with Gasteiger partial charge >= 0.3 is 0 Å². The Hall–Kier alpha value is -2.47. The largest absolute Gasteiger partial charge is 0.368 e. The first-order valence-electron chi connectivity index (χ1n) is 8.30. The molecule has 0 bridgehead atoms. The number of hydrogen-bond donors (Lipinski definition) is 2. The number of benzene rings is 1. The molecule has 0 spiro atoms. The summed E-state index contributed by atoms with van der Waals surface area (Å²) in [5, 5.41) is 3.01. The fraction of sp³-hybridized carbons (Fsp3) is 0.389. The first-order chi connectivity index (χ1) is 11.6. The van der Waals surface area contributed by atoms with E-state index in [0.29, 0.717) is 18.2 Å². The summed E-state index contributed by atoms with van der Waals surface area (Å²) in [6, 6.07) is 8.03. The summed E-state index contributed by atoms with van der Waals surface area (Å²) in [7, 11) is 2.15. The number of aromatic nitrogens is 2. The second kappa shape index (κ2) is 7.40. The van der Waals surface area contributed by atoms with Crippen molar-refractivity contribution in [3.05, 3.63) is 42.2 Å².